The molecule has 0 bridgehead atoms. The first-order chi connectivity index (χ1) is 11.8. The van der Waals surface area contributed by atoms with Crippen LogP contribution in [-0.2, 0) is 23.3 Å². The third-order valence-electron chi connectivity index (χ3n) is 3.96. The van der Waals surface area contributed by atoms with Crippen molar-refractivity contribution >= 4 is 27.0 Å². The maximum absolute atomic E-state index is 2.99. The second-order valence-electron chi connectivity index (χ2n) is 5.63. The van der Waals surface area contributed by atoms with E-state index in [0.717, 1.165) is 6.42 Å². The normalized spacial score (nSPS) is 11.8. The summed E-state index contributed by atoms with van der Waals surface area (Å²) >= 11 is 1.80. The van der Waals surface area contributed by atoms with Gasteiger partial charge in [0.05, 0.1) is 0 Å². The summed E-state index contributed by atoms with van der Waals surface area (Å²) in [6.07, 6.45) is 10.0. The molecule has 0 unspecified atom stereocenters. The van der Waals surface area contributed by atoms with Crippen LogP contribution < -0.4 is 0 Å². The smallest absolute Gasteiger partial charge is 0.0771 e. The van der Waals surface area contributed by atoms with Gasteiger partial charge in [-0.15, -0.1) is 46.2 Å². The molecule has 120 valence electrons. The molecule has 24 heavy (non-hydrogen) atoms. The van der Waals surface area contributed by atoms with E-state index in [9.17, 15) is 0 Å². The van der Waals surface area contributed by atoms with Crippen molar-refractivity contribution in [3.05, 3.63) is 78.9 Å². The van der Waals surface area contributed by atoms with E-state index in [-0.39, 0.29) is 5.43 Å². The SMILES string of the molecule is CC[Si](=[Zr+2])CC.[C-]1=CC=CC1.c1ccc2c(c1)[cH-]c1ccccc12. The van der Waals surface area contributed by atoms with E-state index in [2.05, 4.69) is 80.6 Å². The Balaban J connectivity index is 0.000000159. The minimum atomic E-state index is 0.222. The summed E-state index contributed by atoms with van der Waals surface area (Å²) in [6.45, 7) is 4.60. The van der Waals surface area contributed by atoms with Crippen molar-refractivity contribution in [2.24, 2.45) is 0 Å². The van der Waals surface area contributed by atoms with Crippen LogP contribution in [0, 0.1) is 6.08 Å². The maximum atomic E-state index is 2.99. The van der Waals surface area contributed by atoms with Crippen LogP contribution in [0.1, 0.15) is 20.3 Å². The van der Waals surface area contributed by atoms with Gasteiger partial charge in [-0.3, -0.25) is 6.08 Å². The van der Waals surface area contributed by atoms with Crippen molar-refractivity contribution < 1.29 is 23.3 Å². The van der Waals surface area contributed by atoms with Gasteiger partial charge in [-0.25, -0.2) is 12.2 Å². The summed E-state index contributed by atoms with van der Waals surface area (Å²) in [5, 5.41) is 5.39. The van der Waals surface area contributed by atoms with E-state index in [1.807, 2.05) is 12.2 Å². The molecule has 0 heterocycles. The average Bonchev–Trinajstić information content (AvgIpc) is 3.32. The Kier molecular flexibility index (Phi) is 8.56. The minimum Gasteiger partial charge on any atom is -0.273 e. The van der Waals surface area contributed by atoms with Gasteiger partial charge in [-0.1, -0.05) is 36.4 Å². The number of benzene rings is 2. The van der Waals surface area contributed by atoms with Gasteiger partial charge in [0.2, 0.25) is 0 Å². The van der Waals surface area contributed by atoms with Gasteiger partial charge in [-0.2, -0.15) is 6.08 Å². The Morgan fingerprint density at radius 1 is 0.958 bits per heavy atom. The van der Waals surface area contributed by atoms with E-state index in [1.54, 1.807) is 23.3 Å². The molecule has 0 aliphatic heterocycles. The molecule has 0 spiro atoms. The van der Waals surface area contributed by atoms with E-state index in [0.29, 0.717) is 0 Å². The second kappa shape index (κ2) is 10.7. The second-order valence-corrected chi connectivity index (χ2v) is 13.5. The van der Waals surface area contributed by atoms with Gasteiger partial charge < -0.3 is 0 Å². The third kappa shape index (κ3) is 5.76. The predicted molar refractivity (Wildman–Crippen MR) is 105 cm³/mol. The van der Waals surface area contributed by atoms with Crippen LogP contribution in [0.4, 0.5) is 0 Å². The molecule has 0 saturated heterocycles. The Hall–Kier alpha value is -1.11. The van der Waals surface area contributed by atoms with Crippen LogP contribution in [-0.4, -0.2) is 5.43 Å². The molecule has 2 heteroatoms. The largest absolute Gasteiger partial charge is 0.273 e. The van der Waals surface area contributed by atoms with Crippen LogP contribution in [0.25, 0.3) is 21.5 Å². The summed E-state index contributed by atoms with van der Waals surface area (Å²) in [5.74, 6) is 0. The number of fused-ring (bicyclic) bond motifs is 3. The molecule has 0 fully saturated rings. The molecule has 1 aliphatic rings. The number of hydrogen-bond donors (Lipinski definition) is 0. The molecule has 0 N–H and O–H groups in total. The number of rotatable bonds is 2. The topological polar surface area (TPSA) is 0 Å². The van der Waals surface area contributed by atoms with Crippen molar-refractivity contribution in [1.29, 1.82) is 0 Å². The zero-order valence-electron chi connectivity index (χ0n) is 14.5. The van der Waals surface area contributed by atoms with Crippen molar-refractivity contribution in [3.63, 3.8) is 0 Å². The molecule has 3 aromatic carbocycles. The standard InChI is InChI=1S/C13H9.C5H5.C4H10Si.Zr/c1-3-7-12-10(5-1)9-11-6-2-4-8-13(11)12;1-2-4-5-3-1;1-3-5-4-2;/h1-9H;1-3H,4H2;3-4H2,1-2H3;/q2*-1;;+2. The number of hydrogen-bond acceptors (Lipinski definition) is 0. The van der Waals surface area contributed by atoms with E-state index in [4.69, 9.17) is 0 Å². The first kappa shape index (κ1) is 19.2. The Morgan fingerprint density at radius 2 is 1.50 bits per heavy atom. The van der Waals surface area contributed by atoms with Gasteiger partial charge in [0, 0.05) is 0 Å². The van der Waals surface area contributed by atoms with Crippen molar-refractivity contribution in [2.75, 3.05) is 0 Å². The van der Waals surface area contributed by atoms with Gasteiger partial charge in [0.1, 0.15) is 0 Å². The van der Waals surface area contributed by atoms with Crippen molar-refractivity contribution in [2.45, 2.75) is 32.4 Å². The van der Waals surface area contributed by atoms with Gasteiger partial charge in [0.15, 0.2) is 0 Å². The molecular formula is C22H24SiZr. The summed E-state index contributed by atoms with van der Waals surface area (Å²) in [5.41, 5.74) is 0.222. The zero-order valence-corrected chi connectivity index (χ0v) is 18.0. The van der Waals surface area contributed by atoms with Gasteiger partial charge in [0.25, 0.3) is 0 Å². The first-order valence-corrected chi connectivity index (χ1v) is 14.2. The van der Waals surface area contributed by atoms with Crippen LogP contribution in [0.2, 0.25) is 12.1 Å². The van der Waals surface area contributed by atoms with Gasteiger partial charge >= 0.3 is 54.7 Å². The van der Waals surface area contributed by atoms with Crippen LogP contribution in [0.5, 0.6) is 0 Å². The molecular weight excluding hydrogens is 384 g/mol. The monoisotopic (exact) mass is 406 g/mol. The molecule has 0 amide bonds. The summed E-state index contributed by atoms with van der Waals surface area (Å²) in [4.78, 5) is 0. The molecule has 3 aromatic rings. The maximum Gasteiger partial charge on any atom is -0.0771 e. The average molecular weight is 408 g/mol. The fourth-order valence-corrected chi connectivity index (χ4v) is 2.99. The fourth-order valence-electron chi connectivity index (χ4n) is 2.49. The van der Waals surface area contributed by atoms with Crippen molar-refractivity contribution in [1.82, 2.24) is 0 Å². The molecule has 0 radical (unpaired) electrons. The molecule has 0 saturated carbocycles. The number of allylic oxidation sites excluding steroid dienone is 4. The van der Waals surface area contributed by atoms with E-state index in [1.165, 1.54) is 33.6 Å². The molecule has 0 aromatic heterocycles. The zero-order chi connectivity index (χ0) is 17.2. The Bertz CT molecular complexity index is 773. The minimum absolute atomic E-state index is 0.222. The predicted octanol–water partition coefficient (Wildman–Crippen LogP) is 6.58. The fraction of sp³-hybridized carbons (Fsp3) is 0.227. The Morgan fingerprint density at radius 3 is 1.83 bits per heavy atom. The Labute approximate surface area is 161 Å². The van der Waals surface area contributed by atoms with E-state index >= 15 is 0 Å². The third-order valence-corrected chi connectivity index (χ3v) is 10.9. The molecule has 1 aliphatic carbocycles. The quantitative estimate of drug-likeness (QED) is 0.332. The van der Waals surface area contributed by atoms with Gasteiger partial charge in [-0.05, 0) is 0 Å². The summed E-state index contributed by atoms with van der Waals surface area (Å²) < 4.78 is 0. The van der Waals surface area contributed by atoms with E-state index < -0.39 is 0 Å². The first-order valence-electron chi connectivity index (χ1n) is 8.57. The van der Waals surface area contributed by atoms with Crippen molar-refractivity contribution in [3.8, 4) is 0 Å². The molecule has 0 atom stereocenters. The summed E-state index contributed by atoms with van der Waals surface area (Å²) in [6, 6.07) is 22.2. The van der Waals surface area contributed by atoms with Crippen LogP contribution >= 0.6 is 0 Å². The summed E-state index contributed by atoms with van der Waals surface area (Å²) in [7, 11) is 0. The molecule has 4 rings (SSSR count). The van der Waals surface area contributed by atoms with Crippen LogP contribution in [0.15, 0.2) is 72.8 Å². The van der Waals surface area contributed by atoms with Crippen LogP contribution in [0.3, 0.4) is 0 Å². The molecule has 0 nitrogen and oxygen atoms in total.